The number of aromatic nitrogens is 1. The molecule has 0 aliphatic carbocycles. The minimum absolute atomic E-state index is 0.306. The van der Waals surface area contributed by atoms with Crippen molar-refractivity contribution in [3.05, 3.63) is 59.7 Å². The van der Waals surface area contributed by atoms with Crippen LogP contribution in [0.2, 0.25) is 0 Å². The van der Waals surface area contributed by atoms with Crippen molar-refractivity contribution in [3.63, 3.8) is 0 Å². The zero-order chi connectivity index (χ0) is 11.4. The second-order valence-corrected chi connectivity index (χ2v) is 3.28. The van der Waals surface area contributed by atoms with Gasteiger partial charge in [-0.05, 0) is 24.3 Å². The van der Waals surface area contributed by atoms with Gasteiger partial charge in [0.25, 0.3) is 0 Å². The number of halogens is 1. The van der Waals surface area contributed by atoms with E-state index in [-0.39, 0.29) is 5.82 Å². The molecule has 0 fully saturated rings. The van der Waals surface area contributed by atoms with Gasteiger partial charge in [-0.3, -0.25) is 0 Å². The number of nitriles is 1. The Morgan fingerprint density at radius 2 is 2.06 bits per heavy atom. The molecular formula is C13H9FN2. The van der Waals surface area contributed by atoms with Crippen molar-refractivity contribution < 1.29 is 4.39 Å². The molecule has 2 rings (SSSR count). The van der Waals surface area contributed by atoms with Crippen molar-refractivity contribution in [2.75, 3.05) is 0 Å². The normalized spacial score (nSPS) is 11.1. The van der Waals surface area contributed by atoms with Crippen LogP contribution in [0.4, 0.5) is 4.39 Å². The molecule has 1 aromatic carbocycles. The first kappa shape index (κ1) is 10.2. The number of rotatable bonds is 2. The summed E-state index contributed by atoms with van der Waals surface area (Å²) in [5.74, 6) is -0.387. The SMILES string of the molecule is N#C/C(=C\c1ccc[nH]1)c1ccccc1F. The molecule has 1 aromatic heterocycles. The fourth-order valence-electron chi connectivity index (χ4n) is 1.44. The van der Waals surface area contributed by atoms with Gasteiger partial charge in [0.15, 0.2) is 0 Å². The van der Waals surface area contributed by atoms with E-state index in [2.05, 4.69) is 4.98 Å². The average molecular weight is 212 g/mol. The second kappa shape index (κ2) is 4.45. The monoisotopic (exact) mass is 212 g/mol. The Labute approximate surface area is 92.7 Å². The van der Waals surface area contributed by atoms with Crippen LogP contribution in [0.5, 0.6) is 0 Å². The predicted molar refractivity (Wildman–Crippen MR) is 60.7 cm³/mol. The molecule has 0 saturated heterocycles. The van der Waals surface area contributed by atoms with Crippen LogP contribution in [-0.4, -0.2) is 4.98 Å². The summed E-state index contributed by atoms with van der Waals surface area (Å²) < 4.78 is 13.5. The summed E-state index contributed by atoms with van der Waals surface area (Å²) in [6, 6.07) is 11.9. The third kappa shape index (κ3) is 2.01. The lowest BCUT2D eigenvalue weighted by Crippen LogP contribution is -1.87. The number of nitrogens with zero attached hydrogens (tertiary/aromatic N) is 1. The number of hydrogen-bond acceptors (Lipinski definition) is 1. The number of allylic oxidation sites excluding steroid dienone is 1. The van der Waals surface area contributed by atoms with Crippen LogP contribution in [0.25, 0.3) is 11.6 Å². The molecule has 0 saturated carbocycles. The molecule has 0 bridgehead atoms. The number of hydrogen-bond donors (Lipinski definition) is 1. The minimum Gasteiger partial charge on any atom is -0.362 e. The Morgan fingerprint density at radius 1 is 1.25 bits per heavy atom. The Bertz CT molecular complexity index is 548. The molecule has 2 nitrogen and oxygen atoms in total. The molecule has 0 atom stereocenters. The lowest BCUT2D eigenvalue weighted by Gasteiger charge is -1.99. The van der Waals surface area contributed by atoms with E-state index in [1.807, 2.05) is 18.2 Å². The smallest absolute Gasteiger partial charge is 0.131 e. The van der Waals surface area contributed by atoms with Crippen molar-refractivity contribution in [2.45, 2.75) is 0 Å². The largest absolute Gasteiger partial charge is 0.362 e. The Hall–Kier alpha value is -2.34. The summed E-state index contributed by atoms with van der Waals surface area (Å²) in [7, 11) is 0. The van der Waals surface area contributed by atoms with Gasteiger partial charge >= 0.3 is 0 Å². The van der Waals surface area contributed by atoms with E-state index < -0.39 is 0 Å². The van der Waals surface area contributed by atoms with Crippen molar-refractivity contribution >= 4 is 11.6 Å². The molecule has 0 spiro atoms. The van der Waals surface area contributed by atoms with Crippen LogP contribution < -0.4 is 0 Å². The van der Waals surface area contributed by atoms with E-state index >= 15 is 0 Å². The summed E-state index contributed by atoms with van der Waals surface area (Å²) >= 11 is 0. The first-order valence-electron chi connectivity index (χ1n) is 4.81. The van der Waals surface area contributed by atoms with Crippen LogP contribution in [0.15, 0.2) is 42.6 Å². The topological polar surface area (TPSA) is 39.6 Å². The molecule has 0 amide bonds. The summed E-state index contributed by atoms with van der Waals surface area (Å²) in [6.45, 7) is 0. The molecule has 1 N–H and O–H groups in total. The van der Waals surface area contributed by atoms with E-state index in [0.29, 0.717) is 11.1 Å². The Balaban J connectivity index is 2.46. The molecular weight excluding hydrogens is 203 g/mol. The van der Waals surface area contributed by atoms with Gasteiger partial charge in [0.2, 0.25) is 0 Å². The molecule has 2 aromatic rings. The van der Waals surface area contributed by atoms with Crippen LogP contribution in [0.3, 0.4) is 0 Å². The number of aromatic amines is 1. The van der Waals surface area contributed by atoms with Crippen LogP contribution in [0, 0.1) is 17.1 Å². The molecule has 0 aliphatic heterocycles. The van der Waals surface area contributed by atoms with E-state index in [0.717, 1.165) is 5.69 Å². The first-order valence-corrected chi connectivity index (χ1v) is 4.81. The number of benzene rings is 1. The van der Waals surface area contributed by atoms with Crippen LogP contribution in [-0.2, 0) is 0 Å². The molecule has 1 heterocycles. The van der Waals surface area contributed by atoms with Gasteiger partial charge in [0.05, 0.1) is 11.6 Å². The van der Waals surface area contributed by atoms with Crippen molar-refractivity contribution in [1.29, 1.82) is 5.26 Å². The summed E-state index contributed by atoms with van der Waals surface area (Å²) in [5, 5.41) is 9.00. The molecule has 3 heteroatoms. The molecule has 0 unspecified atom stereocenters. The van der Waals surface area contributed by atoms with Crippen LogP contribution in [0.1, 0.15) is 11.3 Å². The molecule has 0 aliphatic rings. The van der Waals surface area contributed by atoms with Crippen LogP contribution >= 0.6 is 0 Å². The summed E-state index contributed by atoms with van der Waals surface area (Å²) in [6.07, 6.45) is 3.38. The second-order valence-electron chi connectivity index (χ2n) is 3.28. The highest BCUT2D eigenvalue weighted by molar-refractivity contribution is 5.89. The lowest BCUT2D eigenvalue weighted by atomic mass is 10.1. The van der Waals surface area contributed by atoms with E-state index in [9.17, 15) is 4.39 Å². The highest BCUT2D eigenvalue weighted by atomic mass is 19.1. The van der Waals surface area contributed by atoms with Crippen molar-refractivity contribution in [3.8, 4) is 6.07 Å². The Kier molecular flexibility index (Phi) is 2.84. The van der Waals surface area contributed by atoms with Gasteiger partial charge < -0.3 is 4.98 Å². The van der Waals surface area contributed by atoms with Crippen molar-refractivity contribution in [1.82, 2.24) is 4.98 Å². The van der Waals surface area contributed by atoms with Gasteiger partial charge in [-0.1, -0.05) is 18.2 Å². The molecule has 16 heavy (non-hydrogen) atoms. The van der Waals surface area contributed by atoms with Gasteiger partial charge in [0, 0.05) is 17.5 Å². The van der Waals surface area contributed by atoms with Gasteiger partial charge in [-0.2, -0.15) is 5.26 Å². The maximum absolute atomic E-state index is 13.5. The fraction of sp³-hybridized carbons (Fsp3) is 0. The highest BCUT2D eigenvalue weighted by Crippen LogP contribution is 2.19. The number of H-pyrrole nitrogens is 1. The molecule has 0 radical (unpaired) electrons. The van der Waals surface area contributed by atoms with E-state index in [1.165, 1.54) is 6.07 Å². The third-order valence-corrected chi connectivity index (χ3v) is 2.21. The van der Waals surface area contributed by atoms with E-state index in [4.69, 9.17) is 5.26 Å². The molecule has 78 valence electrons. The summed E-state index contributed by atoms with van der Waals surface area (Å²) in [4.78, 5) is 2.94. The summed E-state index contributed by atoms with van der Waals surface area (Å²) in [5.41, 5.74) is 1.40. The van der Waals surface area contributed by atoms with Gasteiger partial charge in [-0.15, -0.1) is 0 Å². The standard InChI is InChI=1S/C13H9FN2/c14-13-6-2-1-5-12(13)10(9-15)8-11-4-3-7-16-11/h1-8,16H/b10-8+. The quantitative estimate of drug-likeness (QED) is 0.763. The zero-order valence-electron chi connectivity index (χ0n) is 8.44. The fourth-order valence-corrected chi connectivity index (χ4v) is 1.44. The maximum Gasteiger partial charge on any atom is 0.131 e. The predicted octanol–water partition coefficient (Wildman–Crippen LogP) is 3.22. The van der Waals surface area contributed by atoms with Gasteiger partial charge in [0.1, 0.15) is 5.82 Å². The maximum atomic E-state index is 13.5. The Morgan fingerprint density at radius 3 is 2.69 bits per heavy atom. The van der Waals surface area contributed by atoms with Gasteiger partial charge in [-0.25, -0.2) is 4.39 Å². The van der Waals surface area contributed by atoms with Crippen molar-refractivity contribution in [2.24, 2.45) is 0 Å². The zero-order valence-corrected chi connectivity index (χ0v) is 8.44. The lowest BCUT2D eigenvalue weighted by molar-refractivity contribution is 0.624. The minimum atomic E-state index is -0.387. The third-order valence-electron chi connectivity index (χ3n) is 2.21. The average Bonchev–Trinajstić information content (AvgIpc) is 2.80. The number of nitrogens with one attached hydrogen (secondary N) is 1. The van der Waals surface area contributed by atoms with E-state index in [1.54, 1.807) is 30.5 Å². The first-order chi connectivity index (χ1) is 7.81. The highest BCUT2D eigenvalue weighted by Gasteiger charge is 2.06.